The maximum atomic E-state index is 13.7. The van der Waals surface area contributed by atoms with Crippen LogP contribution in [0.15, 0.2) is 23.1 Å². The first kappa shape index (κ1) is 17.3. The lowest BCUT2D eigenvalue weighted by Gasteiger charge is -2.33. The Labute approximate surface area is 128 Å². The maximum Gasteiger partial charge on any atom is 0.246 e. The second-order valence-electron chi connectivity index (χ2n) is 4.78. The van der Waals surface area contributed by atoms with Gasteiger partial charge in [0.15, 0.2) is 0 Å². The number of hydrogen-bond acceptors (Lipinski definition) is 4. The topological polar surface area (TPSA) is 74.8 Å². The fourth-order valence-corrected chi connectivity index (χ4v) is 4.77. The van der Waals surface area contributed by atoms with Gasteiger partial charge in [-0.05, 0) is 25.1 Å². The van der Waals surface area contributed by atoms with Crippen molar-refractivity contribution in [2.75, 3.05) is 31.9 Å². The molecule has 0 radical (unpaired) electrons. The predicted octanol–water partition coefficient (Wildman–Crippen LogP) is 0.621. The van der Waals surface area contributed by atoms with Gasteiger partial charge in [-0.3, -0.25) is 0 Å². The average molecular weight is 354 g/mol. The molecule has 2 rings (SSSR count). The zero-order chi connectivity index (χ0) is 16.5. The van der Waals surface area contributed by atoms with E-state index in [2.05, 4.69) is 0 Å². The molecule has 0 bridgehead atoms. The van der Waals surface area contributed by atoms with Gasteiger partial charge in [0.1, 0.15) is 16.5 Å². The zero-order valence-corrected chi connectivity index (χ0v) is 13.5. The molecular formula is C12H16F2N2O4S2. The Hall–Kier alpha value is -1.10. The smallest absolute Gasteiger partial charge is 0.212 e. The van der Waals surface area contributed by atoms with Crippen LogP contribution in [-0.2, 0) is 20.0 Å². The van der Waals surface area contributed by atoms with Gasteiger partial charge < -0.3 is 0 Å². The Morgan fingerprint density at radius 2 is 1.55 bits per heavy atom. The fraction of sp³-hybridized carbons (Fsp3) is 0.500. The quantitative estimate of drug-likeness (QED) is 0.794. The summed E-state index contributed by atoms with van der Waals surface area (Å²) in [6.45, 7) is 1.29. The van der Waals surface area contributed by atoms with E-state index >= 15 is 0 Å². The number of piperazine rings is 1. The lowest BCUT2D eigenvalue weighted by Crippen LogP contribution is -2.50. The second-order valence-corrected chi connectivity index (χ2v) is 8.94. The van der Waals surface area contributed by atoms with E-state index in [4.69, 9.17) is 0 Å². The first-order valence-corrected chi connectivity index (χ1v) is 9.66. The van der Waals surface area contributed by atoms with Crippen LogP contribution in [0, 0.1) is 11.6 Å². The van der Waals surface area contributed by atoms with Gasteiger partial charge in [-0.15, -0.1) is 0 Å². The molecule has 124 valence electrons. The van der Waals surface area contributed by atoms with Crippen molar-refractivity contribution in [3.63, 3.8) is 0 Å². The lowest BCUT2D eigenvalue weighted by molar-refractivity contribution is 0.272. The summed E-state index contributed by atoms with van der Waals surface area (Å²) < 4.78 is 77.1. The highest BCUT2D eigenvalue weighted by atomic mass is 32.2. The van der Waals surface area contributed by atoms with Crippen molar-refractivity contribution in [1.82, 2.24) is 8.61 Å². The monoisotopic (exact) mass is 354 g/mol. The normalized spacial score (nSPS) is 18.5. The molecule has 1 aliphatic heterocycles. The molecule has 0 aliphatic carbocycles. The van der Waals surface area contributed by atoms with Crippen molar-refractivity contribution in [3.05, 3.63) is 29.8 Å². The highest BCUT2D eigenvalue weighted by Gasteiger charge is 2.33. The van der Waals surface area contributed by atoms with Crippen molar-refractivity contribution in [3.8, 4) is 0 Å². The van der Waals surface area contributed by atoms with Crippen LogP contribution in [0.2, 0.25) is 0 Å². The van der Waals surface area contributed by atoms with Crippen LogP contribution in [0.1, 0.15) is 6.92 Å². The van der Waals surface area contributed by atoms with E-state index in [1.807, 2.05) is 0 Å². The van der Waals surface area contributed by atoms with E-state index in [1.165, 1.54) is 11.2 Å². The molecule has 6 nitrogen and oxygen atoms in total. The third kappa shape index (κ3) is 3.29. The van der Waals surface area contributed by atoms with Gasteiger partial charge in [0, 0.05) is 26.2 Å². The van der Waals surface area contributed by atoms with E-state index in [-0.39, 0.29) is 31.9 Å². The molecule has 1 aromatic carbocycles. The van der Waals surface area contributed by atoms with Crippen molar-refractivity contribution in [1.29, 1.82) is 0 Å². The van der Waals surface area contributed by atoms with E-state index in [1.54, 1.807) is 0 Å². The van der Waals surface area contributed by atoms with Crippen LogP contribution in [-0.4, -0.2) is 57.4 Å². The van der Waals surface area contributed by atoms with Gasteiger partial charge in [-0.1, -0.05) is 0 Å². The molecule has 22 heavy (non-hydrogen) atoms. The van der Waals surface area contributed by atoms with E-state index in [9.17, 15) is 25.6 Å². The summed E-state index contributed by atoms with van der Waals surface area (Å²) in [4.78, 5) is -0.737. The number of sulfonamides is 2. The highest BCUT2D eigenvalue weighted by molar-refractivity contribution is 7.89. The summed E-state index contributed by atoms with van der Waals surface area (Å²) >= 11 is 0. The third-order valence-electron chi connectivity index (χ3n) is 3.47. The Morgan fingerprint density at radius 1 is 1.00 bits per heavy atom. The minimum atomic E-state index is -4.19. The molecule has 0 aromatic heterocycles. The molecule has 0 unspecified atom stereocenters. The summed E-state index contributed by atoms with van der Waals surface area (Å²) in [5.74, 6) is -1.96. The minimum absolute atomic E-state index is 0.00760. The highest BCUT2D eigenvalue weighted by Crippen LogP contribution is 2.22. The predicted molar refractivity (Wildman–Crippen MR) is 76.2 cm³/mol. The Kier molecular flexibility index (Phi) is 4.85. The van der Waals surface area contributed by atoms with Crippen molar-refractivity contribution in [2.24, 2.45) is 0 Å². The van der Waals surface area contributed by atoms with Gasteiger partial charge in [0.2, 0.25) is 20.0 Å². The molecule has 10 heteroatoms. The summed E-state index contributed by atoms with van der Waals surface area (Å²) in [5.41, 5.74) is 0. The van der Waals surface area contributed by atoms with Crippen LogP contribution in [0.25, 0.3) is 0 Å². The molecule has 0 saturated carbocycles. The summed E-state index contributed by atoms with van der Waals surface area (Å²) in [5, 5.41) is 0. The van der Waals surface area contributed by atoms with Crippen LogP contribution in [0.3, 0.4) is 0 Å². The van der Waals surface area contributed by atoms with Crippen LogP contribution in [0.5, 0.6) is 0 Å². The molecule has 1 fully saturated rings. The molecule has 1 aliphatic rings. The molecule has 0 amide bonds. The zero-order valence-electron chi connectivity index (χ0n) is 11.9. The number of hydrogen-bond donors (Lipinski definition) is 0. The largest absolute Gasteiger partial charge is 0.246 e. The molecule has 0 spiro atoms. The first-order chi connectivity index (χ1) is 10.2. The van der Waals surface area contributed by atoms with Crippen molar-refractivity contribution >= 4 is 20.0 Å². The number of nitrogens with zero attached hydrogens (tertiary/aromatic N) is 2. The molecule has 1 heterocycles. The third-order valence-corrected chi connectivity index (χ3v) is 7.26. The molecule has 0 atom stereocenters. The van der Waals surface area contributed by atoms with Crippen molar-refractivity contribution in [2.45, 2.75) is 11.8 Å². The van der Waals surface area contributed by atoms with E-state index in [0.29, 0.717) is 6.07 Å². The standard InChI is InChI=1S/C12H16F2N2O4S2/c1-2-21(17,18)15-5-7-16(8-6-15)22(19,20)12-9-10(13)3-4-11(12)14/h3-4,9H,2,5-8H2,1H3. The van der Waals surface area contributed by atoms with Gasteiger partial charge in [0.05, 0.1) is 5.75 Å². The maximum absolute atomic E-state index is 13.7. The SMILES string of the molecule is CCS(=O)(=O)N1CCN(S(=O)(=O)c2cc(F)ccc2F)CC1. The Bertz CT molecular complexity index is 757. The molecule has 1 saturated heterocycles. The minimum Gasteiger partial charge on any atom is -0.212 e. The fourth-order valence-electron chi connectivity index (χ4n) is 2.18. The number of benzene rings is 1. The Morgan fingerprint density at radius 3 is 2.09 bits per heavy atom. The first-order valence-electron chi connectivity index (χ1n) is 6.61. The average Bonchev–Trinajstić information content (AvgIpc) is 2.49. The summed E-state index contributed by atoms with van der Waals surface area (Å²) in [6, 6.07) is 2.21. The van der Waals surface area contributed by atoms with Crippen molar-refractivity contribution < 1.29 is 25.6 Å². The molecule has 0 N–H and O–H groups in total. The summed E-state index contributed by atoms with van der Waals surface area (Å²) in [7, 11) is -7.59. The van der Waals surface area contributed by atoms with Gasteiger partial charge in [-0.2, -0.15) is 8.61 Å². The lowest BCUT2D eigenvalue weighted by atomic mass is 10.3. The summed E-state index contributed by atoms with van der Waals surface area (Å²) in [6.07, 6.45) is 0. The molecular weight excluding hydrogens is 338 g/mol. The van der Waals surface area contributed by atoms with Crippen LogP contribution in [0.4, 0.5) is 8.78 Å². The van der Waals surface area contributed by atoms with Crippen LogP contribution < -0.4 is 0 Å². The number of halogens is 2. The van der Waals surface area contributed by atoms with Gasteiger partial charge in [-0.25, -0.2) is 25.6 Å². The van der Waals surface area contributed by atoms with E-state index in [0.717, 1.165) is 16.4 Å². The number of rotatable bonds is 4. The Balaban J connectivity index is 2.22. The second kappa shape index (κ2) is 6.19. The molecule has 1 aromatic rings. The van der Waals surface area contributed by atoms with Gasteiger partial charge in [0.25, 0.3) is 0 Å². The van der Waals surface area contributed by atoms with Gasteiger partial charge >= 0.3 is 0 Å². The van der Waals surface area contributed by atoms with E-state index < -0.39 is 36.6 Å². The van der Waals surface area contributed by atoms with Crippen LogP contribution >= 0.6 is 0 Å².